The molecule has 0 saturated heterocycles. The molecule has 0 radical (unpaired) electrons. The summed E-state index contributed by atoms with van der Waals surface area (Å²) in [5.74, 6) is -0.103. The number of carbonyl (C=O) groups is 1. The van der Waals surface area contributed by atoms with Gasteiger partial charge >= 0.3 is 0 Å². The van der Waals surface area contributed by atoms with E-state index in [0.717, 1.165) is 10.8 Å². The van der Waals surface area contributed by atoms with Crippen LogP contribution in [-0.2, 0) is 6.54 Å². The molecule has 0 aliphatic rings. The first-order chi connectivity index (χ1) is 12.7. The van der Waals surface area contributed by atoms with E-state index >= 15 is 0 Å². The van der Waals surface area contributed by atoms with E-state index in [4.69, 9.17) is 0 Å². The fourth-order valence-electron chi connectivity index (χ4n) is 2.78. The standard InChI is InChI=1S/C19H14FN5O/c20-14-8-10-15(11-9-14)25-18(22-23-24-25)12-21-19(26)17-7-3-5-13-4-1-2-6-16(13)17/h1-11H,12H2,(H,21,26). The second-order valence-electron chi connectivity index (χ2n) is 5.69. The highest BCUT2D eigenvalue weighted by Gasteiger charge is 2.13. The van der Waals surface area contributed by atoms with Gasteiger partial charge in [-0.05, 0) is 51.5 Å². The lowest BCUT2D eigenvalue weighted by Gasteiger charge is -2.08. The van der Waals surface area contributed by atoms with E-state index in [-0.39, 0.29) is 18.3 Å². The number of hydrogen-bond acceptors (Lipinski definition) is 4. The second kappa shape index (κ2) is 6.72. The number of rotatable bonds is 4. The maximum Gasteiger partial charge on any atom is 0.252 e. The van der Waals surface area contributed by atoms with Crippen LogP contribution in [0.15, 0.2) is 66.7 Å². The van der Waals surface area contributed by atoms with Gasteiger partial charge in [-0.25, -0.2) is 4.39 Å². The molecule has 0 aliphatic carbocycles. The van der Waals surface area contributed by atoms with E-state index in [2.05, 4.69) is 20.8 Å². The minimum atomic E-state index is -0.340. The van der Waals surface area contributed by atoms with E-state index in [0.29, 0.717) is 17.1 Å². The van der Waals surface area contributed by atoms with Crippen molar-refractivity contribution in [3.63, 3.8) is 0 Å². The minimum absolute atomic E-state index is 0.145. The molecule has 0 fully saturated rings. The smallest absolute Gasteiger partial charge is 0.252 e. The van der Waals surface area contributed by atoms with Gasteiger partial charge in [0.05, 0.1) is 12.2 Å². The molecule has 0 saturated carbocycles. The van der Waals surface area contributed by atoms with Gasteiger partial charge in [-0.3, -0.25) is 4.79 Å². The number of nitrogens with zero attached hydrogens (tertiary/aromatic N) is 4. The maximum absolute atomic E-state index is 13.1. The van der Waals surface area contributed by atoms with Crippen LogP contribution in [0, 0.1) is 5.82 Å². The monoisotopic (exact) mass is 347 g/mol. The van der Waals surface area contributed by atoms with Crippen molar-refractivity contribution >= 4 is 16.7 Å². The van der Waals surface area contributed by atoms with Crippen molar-refractivity contribution in [1.82, 2.24) is 25.5 Å². The van der Waals surface area contributed by atoms with Crippen LogP contribution in [0.4, 0.5) is 4.39 Å². The molecule has 1 aromatic heterocycles. The molecular formula is C19H14FN5O. The van der Waals surface area contributed by atoms with E-state index in [9.17, 15) is 9.18 Å². The lowest BCUT2D eigenvalue weighted by Crippen LogP contribution is -2.25. The SMILES string of the molecule is O=C(NCc1nnnn1-c1ccc(F)cc1)c1cccc2ccccc12. The largest absolute Gasteiger partial charge is 0.345 e. The Morgan fingerprint density at radius 2 is 1.77 bits per heavy atom. The molecule has 0 aliphatic heterocycles. The van der Waals surface area contributed by atoms with Crippen molar-refractivity contribution in [2.24, 2.45) is 0 Å². The maximum atomic E-state index is 13.1. The number of amides is 1. The van der Waals surface area contributed by atoms with Gasteiger partial charge in [0, 0.05) is 5.56 Å². The Morgan fingerprint density at radius 1 is 1.00 bits per heavy atom. The number of aromatic nitrogens is 4. The summed E-state index contributed by atoms with van der Waals surface area (Å²) < 4.78 is 14.5. The van der Waals surface area contributed by atoms with E-state index < -0.39 is 0 Å². The molecule has 0 atom stereocenters. The molecule has 0 bridgehead atoms. The van der Waals surface area contributed by atoms with Gasteiger partial charge in [-0.15, -0.1) is 5.10 Å². The van der Waals surface area contributed by atoms with E-state index in [1.807, 2.05) is 36.4 Å². The first-order valence-electron chi connectivity index (χ1n) is 8.01. The number of tetrazole rings is 1. The molecule has 0 unspecified atom stereocenters. The summed E-state index contributed by atoms with van der Waals surface area (Å²) in [5.41, 5.74) is 1.20. The van der Waals surface area contributed by atoms with Crippen LogP contribution in [0.3, 0.4) is 0 Å². The van der Waals surface area contributed by atoms with Crippen molar-refractivity contribution < 1.29 is 9.18 Å². The number of fused-ring (bicyclic) bond motifs is 1. The Morgan fingerprint density at radius 3 is 2.62 bits per heavy atom. The average Bonchev–Trinajstić information content (AvgIpc) is 3.15. The Kier molecular flexibility index (Phi) is 4.10. The van der Waals surface area contributed by atoms with Crippen molar-refractivity contribution in [1.29, 1.82) is 0 Å². The van der Waals surface area contributed by atoms with Crippen molar-refractivity contribution in [3.05, 3.63) is 83.9 Å². The highest BCUT2D eigenvalue weighted by atomic mass is 19.1. The number of halogens is 1. The molecule has 6 nitrogen and oxygen atoms in total. The third-order valence-electron chi connectivity index (χ3n) is 4.05. The summed E-state index contributed by atoms with van der Waals surface area (Å²) in [4.78, 5) is 12.6. The molecule has 4 aromatic rings. The summed E-state index contributed by atoms with van der Waals surface area (Å²) >= 11 is 0. The van der Waals surface area contributed by atoms with Gasteiger partial charge in [0.2, 0.25) is 0 Å². The van der Waals surface area contributed by atoms with Gasteiger partial charge in [0.25, 0.3) is 5.91 Å². The molecule has 1 heterocycles. The molecule has 0 spiro atoms. The molecular weight excluding hydrogens is 333 g/mol. The number of hydrogen-bond donors (Lipinski definition) is 1. The predicted octanol–water partition coefficient (Wildman–Crippen LogP) is 2.88. The number of benzene rings is 3. The Hall–Kier alpha value is -3.61. The summed E-state index contributed by atoms with van der Waals surface area (Å²) in [6, 6.07) is 19.1. The zero-order valence-electron chi connectivity index (χ0n) is 13.6. The van der Waals surface area contributed by atoms with Gasteiger partial charge < -0.3 is 5.32 Å². The molecule has 26 heavy (non-hydrogen) atoms. The van der Waals surface area contributed by atoms with E-state index in [1.54, 1.807) is 18.2 Å². The first kappa shape index (κ1) is 15.9. The normalized spacial score (nSPS) is 10.8. The Bertz CT molecular complexity index is 1070. The topological polar surface area (TPSA) is 72.7 Å². The molecule has 1 amide bonds. The Balaban J connectivity index is 1.55. The van der Waals surface area contributed by atoms with Crippen LogP contribution >= 0.6 is 0 Å². The van der Waals surface area contributed by atoms with Crippen LogP contribution in [0.5, 0.6) is 0 Å². The summed E-state index contributed by atoms with van der Waals surface area (Å²) in [6.45, 7) is 0.145. The third kappa shape index (κ3) is 3.02. The lowest BCUT2D eigenvalue weighted by atomic mass is 10.0. The molecule has 4 rings (SSSR count). The lowest BCUT2D eigenvalue weighted by molar-refractivity contribution is 0.0951. The van der Waals surface area contributed by atoms with E-state index in [1.165, 1.54) is 16.8 Å². The molecule has 128 valence electrons. The van der Waals surface area contributed by atoms with Gasteiger partial charge in [-0.2, -0.15) is 4.68 Å². The van der Waals surface area contributed by atoms with Crippen LogP contribution in [0.2, 0.25) is 0 Å². The second-order valence-corrected chi connectivity index (χ2v) is 5.69. The van der Waals surface area contributed by atoms with Gasteiger partial charge in [-0.1, -0.05) is 36.4 Å². The quantitative estimate of drug-likeness (QED) is 0.616. The highest BCUT2D eigenvalue weighted by Crippen LogP contribution is 2.18. The number of carbonyl (C=O) groups excluding carboxylic acids is 1. The van der Waals surface area contributed by atoms with Crippen LogP contribution in [0.25, 0.3) is 16.5 Å². The highest BCUT2D eigenvalue weighted by molar-refractivity contribution is 6.06. The van der Waals surface area contributed by atoms with Crippen LogP contribution < -0.4 is 5.32 Å². The minimum Gasteiger partial charge on any atom is -0.345 e. The number of nitrogens with one attached hydrogen (secondary N) is 1. The predicted molar refractivity (Wildman–Crippen MR) is 94.2 cm³/mol. The molecule has 3 aromatic carbocycles. The Labute approximate surface area is 148 Å². The fourth-order valence-corrected chi connectivity index (χ4v) is 2.78. The average molecular weight is 347 g/mol. The summed E-state index contributed by atoms with van der Waals surface area (Å²) in [7, 11) is 0. The fraction of sp³-hybridized carbons (Fsp3) is 0.0526. The van der Waals surface area contributed by atoms with Crippen LogP contribution in [0.1, 0.15) is 16.2 Å². The zero-order chi connectivity index (χ0) is 17.9. The third-order valence-corrected chi connectivity index (χ3v) is 4.05. The first-order valence-corrected chi connectivity index (χ1v) is 8.01. The molecule has 1 N–H and O–H groups in total. The summed E-state index contributed by atoms with van der Waals surface area (Å²) in [6.07, 6.45) is 0. The van der Waals surface area contributed by atoms with Gasteiger partial charge in [0.1, 0.15) is 5.82 Å². The van der Waals surface area contributed by atoms with Crippen molar-refractivity contribution in [2.45, 2.75) is 6.54 Å². The molecule has 7 heteroatoms. The van der Waals surface area contributed by atoms with Crippen molar-refractivity contribution in [3.8, 4) is 5.69 Å². The summed E-state index contributed by atoms with van der Waals surface area (Å²) in [5, 5.41) is 16.2. The van der Waals surface area contributed by atoms with Gasteiger partial charge in [0.15, 0.2) is 5.82 Å². The van der Waals surface area contributed by atoms with Crippen molar-refractivity contribution in [2.75, 3.05) is 0 Å². The zero-order valence-corrected chi connectivity index (χ0v) is 13.6. The van der Waals surface area contributed by atoms with Crippen LogP contribution in [-0.4, -0.2) is 26.1 Å².